The number of aliphatic hydroxyl groups is 1. The van der Waals surface area contributed by atoms with Gasteiger partial charge in [0.1, 0.15) is 0 Å². The van der Waals surface area contributed by atoms with E-state index in [1.807, 2.05) is 31.7 Å². The third-order valence-corrected chi connectivity index (χ3v) is 3.18. The lowest BCUT2D eigenvalue weighted by Gasteiger charge is -2.29. The van der Waals surface area contributed by atoms with Crippen LogP contribution in [0.4, 0.5) is 0 Å². The zero-order valence-corrected chi connectivity index (χ0v) is 12.0. The Morgan fingerprint density at radius 2 is 1.94 bits per heavy atom. The number of rotatable bonds is 2. The van der Waals surface area contributed by atoms with Crippen molar-refractivity contribution in [1.29, 1.82) is 0 Å². The van der Waals surface area contributed by atoms with Crippen LogP contribution in [0.5, 0.6) is 0 Å². The molecule has 1 aromatic rings. The molecule has 2 rings (SSSR count). The largest absolute Gasteiger partial charge is 0.356 e. The van der Waals surface area contributed by atoms with E-state index >= 15 is 0 Å². The molecule has 0 aliphatic carbocycles. The summed E-state index contributed by atoms with van der Waals surface area (Å²) in [7, 11) is 0. The molecule has 4 heteroatoms. The van der Waals surface area contributed by atoms with E-state index in [4.69, 9.17) is 4.74 Å². The molecule has 0 saturated heterocycles. The van der Waals surface area contributed by atoms with Gasteiger partial charge in [0.05, 0.1) is 5.60 Å². The van der Waals surface area contributed by atoms with Crippen molar-refractivity contribution >= 4 is 15.9 Å². The Hall–Kier alpha value is -0.420. The van der Waals surface area contributed by atoms with Gasteiger partial charge in [0.2, 0.25) is 6.41 Å². The molecular weight excluding hydrogens is 282 g/mol. The van der Waals surface area contributed by atoms with E-state index in [0.29, 0.717) is 0 Å². The van der Waals surface area contributed by atoms with Crippen molar-refractivity contribution < 1.29 is 9.84 Å². The quantitative estimate of drug-likeness (QED) is 0.853. The number of hydrogen-bond donors (Lipinski definition) is 1. The number of hydrogen-bond acceptors (Lipinski definition) is 3. The summed E-state index contributed by atoms with van der Waals surface area (Å²) in [6.07, 6.45) is -0.846. The minimum atomic E-state index is -0.846. The molecule has 0 saturated carbocycles. The van der Waals surface area contributed by atoms with Crippen molar-refractivity contribution in [2.75, 3.05) is 0 Å². The minimum Gasteiger partial charge on any atom is -0.356 e. The first-order valence-electron chi connectivity index (χ1n) is 5.72. The summed E-state index contributed by atoms with van der Waals surface area (Å²) in [6.45, 7) is 7.29. The minimum absolute atomic E-state index is 0.339. The molecule has 1 aromatic carbocycles. The maximum Gasteiger partial charge on any atom is 0.217 e. The predicted molar refractivity (Wildman–Crippen MR) is 70.2 cm³/mol. The number of nitrogens with zero attached hydrogens (tertiary/aromatic N) is 1. The highest BCUT2D eigenvalue weighted by molar-refractivity contribution is 9.10. The van der Waals surface area contributed by atoms with Crippen molar-refractivity contribution in [3.05, 3.63) is 33.8 Å². The maximum atomic E-state index is 10.0. The third-order valence-electron chi connectivity index (χ3n) is 2.69. The van der Waals surface area contributed by atoms with Crippen molar-refractivity contribution in [2.45, 2.75) is 45.9 Å². The van der Waals surface area contributed by atoms with E-state index in [1.54, 1.807) is 0 Å². The van der Waals surface area contributed by atoms with Gasteiger partial charge in [0.15, 0.2) is 0 Å². The Balaban J connectivity index is 2.05. The molecule has 0 aromatic heterocycles. The molecule has 1 atom stereocenters. The second kappa shape index (κ2) is 4.69. The van der Waals surface area contributed by atoms with Crippen molar-refractivity contribution in [1.82, 2.24) is 4.90 Å². The Morgan fingerprint density at radius 3 is 2.59 bits per heavy atom. The second-order valence-electron chi connectivity index (χ2n) is 5.37. The van der Waals surface area contributed by atoms with Crippen molar-refractivity contribution in [3.63, 3.8) is 0 Å². The molecule has 1 aliphatic heterocycles. The third kappa shape index (κ3) is 3.28. The fraction of sp³-hybridized carbons (Fsp3) is 0.538. The maximum absolute atomic E-state index is 10.0. The Morgan fingerprint density at radius 1 is 1.29 bits per heavy atom. The van der Waals surface area contributed by atoms with Crippen LogP contribution >= 0.6 is 15.9 Å². The fourth-order valence-electron chi connectivity index (χ4n) is 1.94. The lowest BCUT2D eigenvalue weighted by molar-refractivity contribution is -0.241. The average molecular weight is 300 g/mol. The van der Waals surface area contributed by atoms with Crippen LogP contribution < -0.4 is 0 Å². The molecule has 1 unspecified atom stereocenters. The van der Waals surface area contributed by atoms with Crippen LogP contribution in [-0.2, 0) is 17.8 Å². The first kappa shape index (κ1) is 13.0. The number of ether oxygens (including phenoxy) is 1. The molecule has 0 bridgehead atoms. The molecular formula is C13H18BrNO2. The van der Waals surface area contributed by atoms with Gasteiger partial charge in [-0.05, 0) is 44.0 Å². The highest BCUT2D eigenvalue weighted by Crippen LogP contribution is 2.28. The fourth-order valence-corrected chi connectivity index (χ4v) is 2.34. The lowest BCUT2D eigenvalue weighted by Crippen LogP contribution is -2.38. The van der Waals surface area contributed by atoms with Crippen molar-refractivity contribution in [3.8, 4) is 0 Å². The SMILES string of the molecule is CC(C)(C)OC(O)N1Cc2ccc(Br)cc2C1. The molecule has 3 nitrogen and oxygen atoms in total. The highest BCUT2D eigenvalue weighted by atomic mass is 79.9. The van der Waals surface area contributed by atoms with Gasteiger partial charge in [-0.25, -0.2) is 4.90 Å². The first-order chi connectivity index (χ1) is 7.85. The highest BCUT2D eigenvalue weighted by Gasteiger charge is 2.28. The average Bonchev–Trinajstić information content (AvgIpc) is 2.57. The van der Waals surface area contributed by atoms with Crippen LogP contribution in [0.3, 0.4) is 0 Å². The summed E-state index contributed by atoms with van der Waals surface area (Å²) in [5.74, 6) is 0. The number of fused-ring (bicyclic) bond motifs is 1. The summed E-state index contributed by atoms with van der Waals surface area (Å²) in [5.41, 5.74) is 2.16. The van der Waals surface area contributed by atoms with E-state index in [9.17, 15) is 5.11 Å². The molecule has 1 heterocycles. The Labute approximate surface area is 111 Å². The van der Waals surface area contributed by atoms with Crippen LogP contribution in [0, 0.1) is 0 Å². The van der Waals surface area contributed by atoms with Gasteiger partial charge in [-0.15, -0.1) is 0 Å². The normalized spacial score (nSPS) is 18.2. The van der Waals surface area contributed by atoms with Gasteiger partial charge in [-0.2, -0.15) is 0 Å². The van der Waals surface area contributed by atoms with Gasteiger partial charge >= 0.3 is 0 Å². The lowest BCUT2D eigenvalue weighted by atomic mass is 10.1. The summed E-state index contributed by atoms with van der Waals surface area (Å²) in [6, 6.07) is 6.21. The monoisotopic (exact) mass is 299 g/mol. The summed E-state index contributed by atoms with van der Waals surface area (Å²) in [5, 5.41) is 10.0. The zero-order chi connectivity index (χ0) is 12.6. The molecule has 94 valence electrons. The van der Waals surface area contributed by atoms with E-state index in [2.05, 4.69) is 28.1 Å². The molecule has 0 amide bonds. The van der Waals surface area contributed by atoms with Gasteiger partial charge in [0, 0.05) is 17.6 Å². The number of halogens is 1. The smallest absolute Gasteiger partial charge is 0.217 e. The number of aliphatic hydroxyl groups excluding tert-OH is 1. The summed E-state index contributed by atoms with van der Waals surface area (Å²) >= 11 is 3.46. The molecule has 1 aliphatic rings. The van der Waals surface area contributed by atoms with E-state index < -0.39 is 6.41 Å². The van der Waals surface area contributed by atoms with Crippen LogP contribution in [0.1, 0.15) is 31.9 Å². The standard InChI is InChI=1S/C13H18BrNO2/c1-13(2,3)17-12(16)15-7-9-4-5-11(14)6-10(9)8-15/h4-6,12,16H,7-8H2,1-3H3. The van der Waals surface area contributed by atoms with E-state index in [0.717, 1.165) is 17.6 Å². The van der Waals surface area contributed by atoms with Crippen LogP contribution in [0.2, 0.25) is 0 Å². The van der Waals surface area contributed by atoms with Crippen LogP contribution in [0.15, 0.2) is 22.7 Å². The predicted octanol–water partition coefficient (Wildman–Crippen LogP) is 2.86. The molecule has 0 spiro atoms. The Bertz CT molecular complexity index is 414. The van der Waals surface area contributed by atoms with Gasteiger partial charge < -0.3 is 9.84 Å². The number of benzene rings is 1. The first-order valence-corrected chi connectivity index (χ1v) is 6.52. The molecule has 0 radical (unpaired) electrons. The zero-order valence-electron chi connectivity index (χ0n) is 10.4. The van der Waals surface area contributed by atoms with Gasteiger partial charge in [-0.1, -0.05) is 22.0 Å². The topological polar surface area (TPSA) is 32.7 Å². The van der Waals surface area contributed by atoms with Gasteiger partial charge in [0.25, 0.3) is 0 Å². The molecule has 1 N–H and O–H groups in total. The van der Waals surface area contributed by atoms with Gasteiger partial charge in [-0.3, -0.25) is 0 Å². The van der Waals surface area contributed by atoms with E-state index in [-0.39, 0.29) is 5.60 Å². The second-order valence-corrected chi connectivity index (χ2v) is 6.29. The Kier molecular flexibility index (Phi) is 3.59. The summed E-state index contributed by atoms with van der Waals surface area (Å²) in [4.78, 5) is 1.92. The van der Waals surface area contributed by atoms with Crippen LogP contribution in [-0.4, -0.2) is 22.0 Å². The summed E-state index contributed by atoms with van der Waals surface area (Å²) < 4.78 is 6.63. The molecule has 0 fully saturated rings. The van der Waals surface area contributed by atoms with E-state index in [1.165, 1.54) is 11.1 Å². The van der Waals surface area contributed by atoms with Crippen LogP contribution in [0.25, 0.3) is 0 Å². The van der Waals surface area contributed by atoms with Crippen molar-refractivity contribution in [2.24, 2.45) is 0 Å². The molecule has 17 heavy (non-hydrogen) atoms.